The van der Waals surface area contributed by atoms with Crippen molar-refractivity contribution in [1.29, 1.82) is 0 Å². The van der Waals surface area contributed by atoms with Crippen molar-refractivity contribution in [2.24, 2.45) is 7.05 Å². The van der Waals surface area contributed by atoms with Crippen molar-refractivity contribution in [3.05, 3.63) is 45.7 Å². The van der Waals surface area contributed by atoms with Crippen molar-refractivity contribution >= 4 is 15.9 Å². The monoisotopic (exact) mass is 308 g/mol. The number of hydrogen-bond donors (Lipinski definition) is 1. The zero-order valence-corrected chi connectivity index (χ0v) is 12.4. The molecule has 4 nitrogen and oxygen atoms in total. The molecule has 96 valence electrons. The first-order chi connectivity index (χ1) is 8.60. The van der Waals surface area contributed by atoms with Crippen LogP contribution >= 0.6 is 15.9 Å². The van der Waals surface area contributed by atoms with Crippen LogP contribution in [0.4, 0.5) is 0 Å². The van der Waals surface area contributed by atoms with E-state index < -0.39 is 0 Å². The number of halogens is 1. The fraction of sp³-hybridized carbons (Fsp3) is 0.385. The lowest BCUT2D eigenvalue weighted by Gasteiger charge is -2.18. The number of aryl methyl sites for hydroxylation is 2. The molecule has 0 bridgehead atoms. The van der Waals surface area contributed by atoms with Crippen molar-refractivity contribution in [3.63, 3.8) is 0 Å². The molecule has 0 fully saturated rings. The molecule has 0 saturated carbocycles. The predicted molar refractivity (Wildman–Crippen MR) is 75.4 cm³/mol. The lowest BCUT2D eigenvalue weighted by Crippen LogP contribution is -2.20. The molecule has 0 spiro atoms. The first kappa shape index (κ1) is 13.2. The first-order valence-corrected chi connectivity index (χ1v) is 6.68. The van der Waals surface area contributed by atoms with E-state index in [1.54, 1.807) is 4.68 Å². The van der Waals surface area contributed by atoms with Gasteiger partial charge in [0.2, 0.25) is 0 Å². The Balaban J connectivity index is 2.25. The van der Waals surface area contributed by atoms with Crippen molar-refractivity contribution in [3.8, 4) is 0 Å². The normalized spacial score (nSPS) is 12.7. The molecule has 1 atom stereocenters. The highest BCUT2D eigenvalue weighted by Crippen LogP contribution is 2.24. The van der Waals surface area contributed by atoms with Gasteiger partial charge in [-0.05, 0) is 37.2 Å². The number of aromatic nitrogens is 3. The second kappa shape index (κ2) is 5.63. The second-order valence-corrected chi connectivity index (χ2v) is 5.35. The van der Waals surface area contributed by atoms with Gasteiger partial charge in [-0.15, -0.1) is 5.10 Å². The van der Waals surface area contributed by atoms with Crippen molar-refractivity contribution < 1.29 is 0 Å². The molecule has 18 heavy (non-hydrogen) atoms. The standard InChI is InChI=1S/C13H17BrN4/c1-9-4-5-10(14)6-12(9)13(15-2)7-11-8-18(3)17-16-11/h4-6,8,13,15H,7H2,1-3H3. The molecular formula is C13H17BrN4. The summed E-state index contributed by atoms with van der Waals surface area (Å²) in [5.41, 5.74) is 3.56. The van der Waals surface area contributed by atoms with E-state index in [0.717, 1.165) is 16.6 Å². The summed E-state index contributed by atoms with van der Waals surface area (Å²) in [5, 5.41) is 11.5. The van der Waals surface area contributed by atoms with Crippen LogP contribution in [0, 0.1) is 6.92 Å². The van der Waals surface area contributed by atoms with Gasteiger partial charge in [0, 0.05) is 30.2 Å². The van der Waals surface area contributed by atoms with E-state index >= 15 is 0 Å². The molecule has 5 heteroatoms. The minimum atomic E-state index is 0.249. The fourth-order valence-electron chi connectivity index (χ4n) is 2.05. The summed E-state index contributed by atoms with van der Waals surface area (Å²) in [6.07, 6.45) is 2.79. The molecule has 0 aliphatic rings. The van der Waals surface area contributed by atoms with Gasteiger partial charge in [0.1, 0.15) is 0 Å². The van der Waals surface area contributed by atoms with Gasteiger partial charge < -0.3 is 5.32 Å². The largest absolute Gasteiger partial charge is 0.313 e. The summed E-state index contributed by atoms with van der Waals surface area (Å²) in [7, 11) is 3.86. The molecule has 0 aliphatic heterocycles. The van der Waals surface area contributed by atoms with Gasteiger partial charge in [0.05, 0.1) is 5.69 Å². The highest BCUT2D eigenvalue weighted by atomic mass is 79.9. The smallest absolute Gasteiger partial charge is 0.0845 e. The van der Waals surface area contributed by atoms with Crippen LogP contribution in [0.25, 0.3) is 0 Å². The summed E-state index contributed by atoms with van der Waals surface area (Å²) >= 11 is 3.52. The average Bonchev–Trinajstić information content (AvgIpc) is 2.75. The topological polar surface area (TPSA) is 42.7 Å². The molecule has 2 aromatic rings. The van der Waals surface area contributed by atoms with Crippen molar-refractivity contribution in [2.45, 2.75) is 19.4 Å². The zero-order valence-electron chi connectivity index (χ0n) is 10.8. The molecule has 2 rings (SSSR count). The highest BCUT2D eigenvalue weighted by Gasteiger charge is 2.14. The maximum atomic E-state index is 4.14. The number of rotatable bonds is 4. The predicted octanol–water partition coefficient (Wildman–Crippen LogP) is 2.39. The molecule has 1 N–H and O–H groups in total. The van der Waals surface area contributed by atoms with E-state index in [-0.39, 0.29) is 6.04 Å². The second-order valence-electron chi connectivity index (χ2n) is 4.43. The minimum Gasteiger partial charge on any atom is -0.313 e. The van der Waals surface area contributed by atoms with Crippen LogP contribution in [-0.4, -0.2) is 22.0 Å². The maximum absolute atomic E-state index is 4.14. The van der Waals surface area contributed by atoms with Crippen LogP contribution < -0.4 is 5.32 Å². The van der Waals surface area contributed by atoms with Crippen LogP contribution in [-0.2, 0) is 13.5 Å². The number of nitrogens with one attached hydrogen (secondary N) is 1. The van der Waals surface area contributed by atoms with Gasteiger partial charge in [-0.1, -0.05) is 27.2 Å². The zero-order chi connectivity index (χ0) is 13.1. The lowest BCUT2D eigenvalue weighted by atomic mass is 9.98. The molecule has 0 amide bonds. The Morgan fingerprint density at radius 1 is 1.44 bits per heavy atom. The Hall–Kier alpha value is -1.20. The lowest BCUT2D eigenvalue weighted by molar-refractivity contribution is 0.580. The Kier molecular flexibility index (Phi) is 4.14. The van der Waals surface area contributed by atoms with Gasteiger partial charge in [-0.25, -0.2) is 0 Å². The molecule has 1 unspecified atom stereocenters. The molecule has 1 aromatic heterocycles. The quantitative estimate of drug-likeness (QED) is 0.943. The number of hydrogen-bond acceptors (Lipinski definition) is 3. The van der Waals surface area contributed by atoms with Crippen LogP contribution in [0.5, 0.6) is 0 Å². The highest BCUT2D eigenvalue weighted by molar-refractivity contribution is 9.10. The SMILES string of the molecule is CNC(Cc1cn(C)nn1)c1cc(Br)ccc1C. The van der Waals surface area contributed by atoms with Crippen LogP contribution in [0.1, 0.15) is 22.9 Å². The third-order valence-corrected chi connectivity index (χ3v) is 3.52. The molecule has 0 aliphatic carbocycles. The number of likely N-dealkylation sites (N-methyl/N-ethyl adjacent to an activating group) is 1. The molecule has 1 aromatic carbocycles. The Morgan fingerprint density at radius 3 is 2.83 bits per heavy atom. The van der Waals surface area contributed by atoms with E-state index in [0.29, 0.717) is 0 Å². The van der Waals surface area contributed by atoms with Crippen LogP contribution in [0.2, 0.25) is 0 Å². The van der Waals surface area contributed by atoms with Crippen LogP contribution in [0.3, 0.4) is 0 Å². The van der Waals surface area contributed by atoms with E-state index in [4.69, 9.17) is 0 Å². The van der Waals surface area contributed by atoms with Gasteiger partial charge in [0.25, 0.3) is 0 Å². The molecular weight excluding hydrogens is 292 g/mol. The molecule has 1 heterocycles. The average molecular weight is 309 g/mol. The maximum Gasteiger partial charge on any atom is 0.0845 e. The third kappa shape index (κ3) is 2.97. The van der Waals surface area contributed by atoms with Crippen molar-refractivity contribution in [2.75, 3.05) is 7.05 Å². The Bertz CT molecular complexity index is 536. The summed E-state index contributed by atoms with van der Waals surface area (Å²) in [4.78, 5) is 0. The number of benzene rings is 1. The summed E-state index contributed by atoms with van der Waals surface area (Å²) in [5.74, 6) is 0. The fourth-order valence-corrected chi connectivity index (χ4v) is 2.43. The van der Waals surface area contributed by atoms with E-state index in [2.05, 4.69) is 56.7 Å². The van der Waals surface area contributed by atoms with Gasteiger partial charge in [0.15, 0.2) is 0 Å². The minimum absolute atomic E-state index is 0.249. The summed E-state index contributed by atoms with van der Waals surface area (Å²) < 4.78 is 2.83. The van der Waals surface area contributed by atoms with E-state index in [9.17, 15) is 0 Å². The third-order valence-electron chi connectivity index (χ3n) is 3.03. The van der Waals surface area contributed by atoms with Gasteiger partial charge in [-0.3, -0.25) is 4.68 Å². The van der Waals surface area contributed by atoms with Gasteiger partial charge >= 0.3 is 0 Å². The van der Waals surface area contributed by atoms with E-state index in [1.165, 1.54) is 11.1 Å². The Morgan fingerprint density at radius 2 is 2.22 bits per heavy atom. The summed E-state index contributed by atoms with van der Waals surface area (Å²) in [6.45, 7) is 2.13. The first-order valence-electron chi connectivity index (χ1n) is 5.88. The summed E-state index contributed by atoms with van der Waals surface area (Å²) in [6, 6.07) is 6.60. The van der Waals surface area contributed by atoms with Gasteiger partial charge in [-0.2, -0.15) is 0 Å². The van der Waals surface area contributed by atoms with E-state index in [1.807, 2.05) is 20.3 Å². The van der Waals surface area contributed by atoms with Crippen LogP contribution in [0.15, 0.2) is 28.9 Å². The molecule has 0 radical (unpaired) electrons. The number of nitrogens with zero attached hydrogens (tertiary/aromatic N) is 3. The Labute approximate surface area is 116 Å². The molecule has 0 saturated heterocycles. The van der Waals surface area contributed by atoms with Crippen molar-refractivity contribution in [1.82, 2.24) is 20.3 Å².